The molecule has 1 aromatic carbocycles. The highest BCUT2D eigenvalue weighted by Crippen LogP contribution is 2.27. The molecule has 126 valence electrons. The van der Waals surface area contributed by atoms with E-state index in [2.05, 4.69) is 10.0 Å². The Morgan fingerprint density at radius 3 is 2.39 bits per heavy atom. The standard InChI is InChI=1S/C16H23N3O3S/c1-2-7-23(21,22)18-15-5-3-12(4-6-15)16(20)19-10-13-8-17-9-14(13)11-19/h3-6,13-14,17-18H,2,7-11H2,1H3/t13-,14+. The predicted molar refractivity (Wildman–Crippen MR) is 89.9 cm³/mol. The lowest BCUT2D eigenvalue weighted by Crippen LogP contribution is -2.31. The van der Waals surface area contributed by atoms with Crippen LogP contribution >= 0.6 is 0 Å². The molecule has 2 atom stereocenters. The van der Waals surface area contributed by atoms with E-state index < -0.39 is 10.0 Å². The molecule has 0 aromatic heterocycles. The average Bonchev–Trinajstić information content (AvgIpc) is 3.08. The van der Waals surface area contributed by atoms with Gasteiger partial charge >= 0.3 is 0 Å². The molecule has 2 saturated heterocycles. The van der Waals surface area contributed by atoms with Crippen LogP contribution in [0.1, 0.15) is 23.7 Å². The second-order valence-electron chi connectivity index (χ2n) is 6.39. The van der Waals surface area contributed by atoms with Gasteiger partial charge in [-0.05, 0) is 42.5 Å². The van der Waals surface area contributed by atoms with E-state index in [1.54, 1.807) is 24.3 Å². The molecule has 0 aliphatic carbocycles. The Kier molecular flexibility index (Phi) is 4.59. The van der Waals surface area contributed by atoms with Gasteiger partial charge in [-0.3, -0.25) is 9.52 Å². The van der Waals surface area contributed by atoms with Crippen LogP contribution in [0.15, 0.2) is 24.3 Å². The van der Waals surface area contributed by atoms with Gasteiger partial charge < -0.3 is 10.2 Å². The van der Waals surface area contributed by atoms with Crippen LogP contribution in [-0.4, -0.2) is 51.2 Å². The van der Waals surface area contributed by atoms with Gasteiger partial charge in [0.25, 0.3) is 5.91 Å². The molecule has 7 heteroatoms. The van der Waals surface area contributed by atoms with E-state index in [1.807, 2.05) is 11.8 Å². The summed E-state index contributed by atoms with van der Waals surface area (Å²) in [5, 5.41) is 3.36. The molecule has 2 fully saturated rings. The number of hydrogen-bond acceptors (Lipinski definition) is 4. The summed E-state index contributed by atoms with van der Waals surface area (Å²) in [6, 6.07) is 6.69. The van der Waals surface area contributed by atoms with E-state index >= 15 is 0 Å². The van der Waals surface area contributed by atoms with E-state index in [0.29, 0.717) is 29.5 Å². The molecule has 6 nitrogen and oxygen atoms in total. The fourth-order valence-electron chi connectivity index (χ4n) is 3.38. The highest BCUT2D eigenvalue weighted by Gasteiger charge is 2.38. The van der Waals surface area contributed by atoms with Gasteiger partial charge in [0.15, 0.2) is 0 Å². The number of nitrogens with zero attached hydrogens (tertiary/aromatic N) is 1. The minimum atomic E-state index is -3.30. The van der Waals surface area contributed by atoms with Gasteiger partial charge in [-0.1, -0.05) is 6.92 Å². The van der Waals surface area contributed by atoms with E-state index in [-0.39, 0.29) is 11.7 Å². The van der Waals surface area contributed by atoms with Crippen molar-refractivity contribution >= 4 is 21.6 Å². The first-order valence-corrected chi connectivity index (χ1v) is 9.74. The van der Waals surface area contributed by atoms with Gasteiger partial charge in [0.2, 0.25) is 10.0 Å². The third kappa shape index (κ3) is 3.67. The van der Waals surface area contributed by atoms with Gasteiger partial charge in [-0.2, -0.15) is 0 Å². The Hall–Kier alpha value is -1.60. The van der Waals surface area contributed by atoms with Crippen molar-refractivity contribution in [2.75, 3.05) is 36.7 Å². The lowest BCUT2D eigenvalue weighted by atomic mass is 10.0. The maximum absolute atomic E-state index is 12.5. The SMILES string of the molecule is CCCS(=O)(=O)Nc1ccc(C(=O)N2C[C@H]3CNC[C@H]3C2)cc1. The van der Waals surface area contributed by atoms with E-state index in [0.717, 1.165) is 26.2 Å². The fraction of sp³-hybridized carbons (Fsp3) is 0.562. The van der Waals surface area contributed by atoms with Crippen molar-refractivity contribution in [1.29, 1.82) is 0 Å². The summed E-state index contributed by atoms with van der Waals surface area (Å²) in [5.74, 6) is 1.26. The molecule has 0 spiro atoms. The maximum atomic E-state index is 12.5. The van der Waals surface area contributed by atoms with Crippen molar-refractivity contribution in [2.24, 2.45) is 11.8 Å². The number of rotatable bonds is 5. The summed E-state index contributed by atoms with van der Waals surface area (Å²) >= 11 is 0. The highest BCUT2D eigenvalue weighted by atomic mass is 32.2. The molecule has 0 radical (unpaired) electrons. The third-order valence-electron chi connectivity index (χ3n) is 4.55. The predicted octanol–water partition coefficient (Wildman–Crippen LogP) is 1.13. The largest absolute Gasteiger partial charge is 0.338 e. The number of nitrogens with one attached hydrogen (secondary N) is 2. The summed E-state index contributed by atoms with van der Waals surface area (Å²) in [5.41, 5.74) is 1.11. The van der Waals surface area contributed by atoms with Crippen LogP contribution in [0.25, 0.3) is 0 Å². The first-order valence-electron chi connectivity index (χ1n) is 8.09. The molecule has 1 aromatic rings. The number of benzene rings is 1. The molecule has 2 aliphatic rings. The molecule has 0 saturated carbocycles. The number of anilines is 1. The molecule has 2 heterocycles. The molecule has 23 heavy (non-hydrogen) atoms. The number of carbonyl (C=O) groups is 1. The Bertz CT molecular complexity index is 660. The minimum Gasteiger partial charge on any atom is -0.338 e. The number of carbonyl (C=O) groups excluding carboxylic acids is 1. The topological polar surface area (TPSA) is 78.5 Å². The second kappa shape index (κ2) is 6.49. The van der Waals surface area contributed by atoms with Crippen molar-refractivity contribution in [1.82, 2.24) is 10.2 Å². The van der Waals surface area contributed by atoms with Gasteiger partial charge in [0, 0.05) is 37.4 Å². The van der Waals surface area contributed by atoms with E-state index in [1.165, 1.54) is 0 Å². The zero-order chi connectivity index (χ0) is 16.4. The second-order valence-corrected chi connectivity index (χ2v) is 8.23. The lowest BCUT2D eigenvalue weighted by Gasteiger charge is -2.17. The number of amides is 1. The van der Waals surface area contributed by atoms with Crippen molar-refractivity contribution in [2.45, 2.75) is 13.3 Å². The van der Waals surface area contributed by atoms with Gasteiger partial charge in [0.05, 0.1) is 5.75 Å². The molecule has 3 rings (SSSR count). The zero-order valence-electron chi connectivity index (χ0n) is 13.3. The monoisotopic (exact) mass is 337 g/mol. The van der Waals surface area contributed by atoms with Crippen molar-refractivity contribution in [3.8, 4) is 0 Å². The van der Waals surface area contributed by atoms with E-state index in [4.69, 9.17) is 0 Å². The van der Waals surface area contributed by atoms with Crippen LogP contribution in [0.4, 0.5) is 5.69 Å². The normalized spacial score (nSPS) is 23.8. The summed E-state index contributed by atoms with van der Waals surface area (Å²) in [4.78, 5) is 14.5. The molecule has 0 unspecified atom stereocenters. The minimum absolute atomic E-state index is 0.0300. The Morgan fingerprint density at radius 2 is 1.83 bits per heavy atom. The Morgan fingerprint density at radius 1 is 1.22 bits per heavy atom. The van der Waals surface area contributed by atoms with Crippen LogP contribution in [0, 0.1) is 11.8 Å². The van der Waals surface area contributed by atoms with Crippen molar-refractivity contribution in [3.05, 3.63) is 29.8 Å². The number of sulfonamides is 1. The first-order chi connectivity index (χ1) is 11.0. The highest BCUT2D eigenvalue weighted by molar-refractivity contribution is 7.92. The molecule has 0 bridgehead atoms. The van der Waals surface area contributed by atoms with Crippen LogP contribution in [0.5, 0.6) is 0 Å². The van der Waals surface area contributed by atoms with Gasteiger partial charge in [-0.25, -0.2) is 8.42 Å². The summed E-state index contributed by atoms with van der Waals surface area (Å²) in [6.45, 7) is 5.42. The number of hydrogen-bond donors (Lipinski definition) is 2. The molecule has 1 amide bonds. The summed E-state index contributed by atoms with van der Waals surface area (Å²) in [7, 11) is -3.30. The number of likely N-dealkylation sites (tertiary alicyclic amines) is 1. The Balaban J connectivity index is 1.64. The molecular weight excluding hydrogens is 314 g/mol. The number of fused-ring (bicyclic) bond motifs is 1. The van der Waals surface area contributed by atoms with Crippen LogP contribution < -0.4 is 10.0 Å². The van der Waals surface area contributed by atoms with Gasteiger partial charge in [-0.15, -0.1) is 0 Å². The zero-order valence-corrected chi connectivity index (χ0v) is 14.1. The van der Waals surface area contributed by atoms with Crippen molar-refractivity contribution < 1.29 is 13.2 Å². The Labute approximate surface area is 137 Å². The molecule has 2 aliphatic heterocycles. The summed E-state index contributed by atoms with van der Waals surface area (Å²) < 4.78 is 26.0. The van der Waals surface area contributed by atoms with E-state index in [9.17, 15) is 13.2 Å². The maximum Gasteiger partial charge on any atom is 0.253 e. The van der Waals surface area contributed by atoms with Crippen LogP contribution in [0.3, 0.4) is 0 Å². The fourth-order valence-corrected chi connectivity index (χ4v) is 4.52. The smallest absolute Gasteiger partial charge is 0.253 e. The lowest BCUT2D eigenvalue weighted by molar-refractivity contribution is 0.0781. The average molecular weight is 337 g/mol. The molecular formula is C16H23N3O3S. The quantitative estimate of drug-likeness (QED) is 0.844. The van der Waals surface area contributed by atoms with Crippen molar-refractivity contribution in [3.63, 3.8) is 0 Å². The summed E-state index contributed by atoms with van der Waals surface area (Å²) in [6.07, 6.45) is 0.568. The van der Waals surface area contributed by atoms with Crippen LogP contribution in [0.2, 0.25) is 0 Å². The van der Waals surface area contributed by atoms with Crippen LogP contribution in [-0.2, 0) is 10.0 Å². The van der Waals surface area contributed by atoms with Gasteiger partial charge in [0.1, 0.15) is 0 Å². The molecule has 2 N–H and O–H groups in total. The third-order valence-corrected chi connectivity index (χ3v) is 6.05. The first kappa shape index (κ1) is 16.3.